The molecule has 4 rings (SSSR count). The van der Waals surface area contributed by atoms with Crippen LogP contribution in [0.3, 0.4) is 0 Å². The van der Waals surface area contributed by atoms with Crippen LogP contribution in [0.4, 0.5) is 0 Å². The molecule has 17 nitrogen and oxygen atoms in total. The summed E-state index contributed by atoms with van der Waals surface area (Å²) in [5, 5.41) is 46.8. The number of nitrogens with two attached hydrogens (primary N) is 1. The van der Waals surface area contributed by atoms with Crippen molar-refractivity contribution in [3.8, 4) is 0 Å². The molecular formula is C22H29N5O12. The first-order valence-corrected chi connectivity index (χ1v) is 12.1. The number of carbonyl (C=O) groups is 3. The Hall–Kier alpha value is -3.61. The standard InChI is InChI=1S/C22H29N5O12/c23-17(33)16(15-13(31)14(32)20(38-15)27-6-4-11(29)26-22(27)36)39-21-12(30)9(28)7-10(37-21)19(35)25-8-3-1-2-5-24-18(8)34/h4,6-9,12-16,20-21,28,30-32H,1-3,5H2,(H2,23,33)(H,24,34)(H,25,35)(H,26,29,36)/t8-,9-,12-,13-,14+,15-,16-,20+,21+/m0/s1. The van der Waals surface area contributed by atoms with Gasteiger partial charge in [0.15, 0.2) is 18.1 Å². The lowest BCUT2D eigenvalue weighted by molar-refractivity contribution is -0.240. The molecule has 3 aliphatic heterocycles. The molecule has 214 valence electrons. The van der Waals surface area contributed by atoms with Crippen molar-refractivity contribution in [2.45, 2.75) is 74.4 Å². The molecule has 39 heavy (non-hydrogen) atoms. The van der Waals surface area contributed by atoms with Crippen LogP contribution in [0.25, 0.3) is 0 Å². The highest BCUT2D eigenvalue weighted by Gasteiger charge is 2.51. The summed E-state index contributed by atoms with van der Waals surface area (Å²) < 4.78 is 17.1. The summed E-state index contributed by atoms with van der Waals surface area (Å²) in [6.07, 6.45) is -10.7. The second kappa shape index (κ2) is 11.6. The van der Waals surface area contributed by atoms with Crippen molar-refractivity contribution in [2.75, 3.05) is 6.54 Å². The number of aliphatic hydroxyl groups is 4. The molecule has 3 amide bonds. The van der Waals surface area contributed by atoms with Gasteiger partial charge in [0.1, 0.15) is 36.6 Å². The molecule has 0 bridgehead atoms. The number of amides is 3. The highest BCUT2D eigenvalue weighted by Crippen LogP contribution is 2.32. The third-order valence-electron chi connectivity index (χ3n) is 6.52. The molecule has 2 saturated heterocycles. The van der Waals surface area contributed by atoms with E-state index in [0.717, 1.165) is 29.3 Å². The summed E-state index contributed by atoms with van der Waals surface area (Å²) in [7, 11) is 0. The highest BCUT2D eigenvalue weighted by atomic mass is 16.7. The maximum atomic E-state index is 12.8. The van der Waals surface area contributed by atoms with Crippen LogP contribution in [0.1, 0.15) is 25.5 Å². The number of nitrogens with one attached hydrogen (secondary N) is 3. The third kappa shape index (κ3) is 6.02. The first-order valence-electron chi connectivity index (χ1n) is 12.1. The SMILES string of the molecule is NC(=O)[C@@H](O[C@H]1OC(C(=O)N[C@H]2CCCCNC2=O)=C[C@H](O)[C@@H]1O)[C@H]1O[C@@H](n2ccc(=O)[nH]c2=O)[C@H](O)[C@@H]1O. The van der Waals surface area contributed by atoms with Gasteiger partial charge in [0, 0.05) is 18.8 Å². The summed E-state index contributed by atoms with van der Waals surface area (Å²) in [5.74, 6) is -3.08. The summed E-state index contributed by atoms with van der Waals surface area (Å²) >= 11 is 0. The van der Waals surface area contributed by atoms with Crippen LogP contribution in [-0.4, -0.2) is 103 Å². The maximum Gasteiger partial charge on any atom is 0.330 e. The molecule has 0 aromatic carbocycles. The Kier molecular flexibility index (Phi) is 8.48. The largest absolute Gasteiger partial charge is 0.456 e. The first kappa shape index (κ1) is 28.4. The predicted molar refractivity (Wildman–Crippen MR) is 125 cm³/mol. The molecular weight excluding hydrogens is 526 g/mol. The van der Waals surface area contributed by atoms with Gasteiger partial charge in [-0.05, 0) is 25.3 Å². The van der Waals surface area contributed by atoms with Crippen LogP contribution in [0.15, 0.2) is 33.7 Å². The number of primary amides is 1. The summed E-state index contributed by atoms with van der Waals surface area (Å²) in [6.45, 7) is 0.460. The van der Waals surface area contributed by atoms with Crippen LogP contribution in [0.5, 0.6) is 0 Å². The van der Waals surface area contributed by atoms with E-state index in [-0.39, 0.29) is 0 Å². The van der Waals surface area contributed by atoms with Crippen molar-refractivity contribution in [3.05, 3.63) is 44.9 Å². The minimum Gasteiger partial charge on any atom is -0.456 e. The van der Waals surface area contributed by atoms with Crippen LogP contribution >= 0.6 is 0 Å². The van der Waals surface area contributed by atoms with Gasteiger partial charge in [0.05, 0.1) is 0 Å². The molecule has 17 heteroatoms. The van der Waals surface area contributed by atoms with Gasteiger partial charge in [0.2, 0.25) is 18.1 Å². The number of aromatic amines is 1. The van der Waals surface area contributed by atoms with Crippen molar-refractivity contribution < 1.29 is 49.0 Å². The van der Waals surface area contributed by atoms with Gasteiger partial charge < -0.3 is 51.0 Å². The molecule has 9 atom stereocenters. The Morgan fingerprint density at radius 1 is 1.13 bits per heavy atom. The normalized spacial score (nSPS) is 33.7. The Bertz CT molecular complexity index is 1250. The Labute approximate surface area is 219 Å². The highest BCUT2D eigenvalue weighted by molar-refractivity contribution is 5.95. The number of aromatic nitrogens is 2. The Morgan fingerprint density at radius 3 is 2.56 bits per heavy atom. The van der Waals surface area contributed by atoms with E-state index in [1.807, 2.05) is 4.98 Å². The zero-order valence-corrected chi connectivity index (χ0v) is 20.3. The molecule has 0 spiro atoms. The molecule has 9 N–H and O–H groups in total. The third-order valence-corrected chi connectivity index (χ3v) is 6.52. The van der Waals surface area contributed by atoms with Crippen LogP contribution < -0.4 is 27.6 Å². The van der Waals surface area contributed by atoms with Crippen LogP contribution in [0, 0.1) is 0 Å². The monoisotopic (exact) mass is 555 g/mol. The van der Waals surface area contributed by atoms with Crippen molar-refractivity contribution in [1.29, 1.82) is 0 Å². The summed E-state index contributed by atoms with van der Waals surface area (Å²) in [6, 6.07) is 0.0906. The van der Waals surface area contributed by atoms with E-state index in [1.54, 1.807) is 0 Å². The van der Waals surface area contributed by atoms with Crippen LogP contribution in [-0.2, 0) is 28.6 Å². The van der Waals surface area contributed by atoms with Gasteiger partial charge in [0.25, 0.3) is 11.5 Å². The lowest BCUT2D eigenvalue weighted by Gasteiger charge is -2.34. The molecule has 0 saturated carbocycles. The Balaban J connectivity index is 1.50. The fourth-order valence-electron chi connectivity index (χ4n) is 4.44. The molecule has 1 aromatic rings. The van der Waals surface area contributed by atoms with Gasteiger partial charge in [-0.25, -0.2) is 4.79 Å². The van der Waals surface area contributed by atoms with E-state index in [9.17, 15) is 44.4 Å². The molecule has 4 heterocycles. The van der Waals surface area contributed by atoms with E-state index in [0.29, 0.717) is 19.4 Å². The van der Waals surface area contributed by atoms with Gasteiger partial charge in [-0.3, -0.25) is 28.7 Å². The Morgan fingerprint density at radius 2 is 1.87 bits per heavy atom. The molecule has 0 unspecified atom stereocenters. The summed E-state index contributed by atoms with van der Waals surface area (Å²) in [4.78, 5) is 62.6. The number of rotatable bonds is 7. The fraction of sp³-hybridized carbons (Fsp3) is 0.591. The van der Waals surface area contributed by atoms with E-state index in [4.69, 9.17) is 19.9 Å². The lowest BCUT2D eigenvalue weighted by atomic mass is 10.0. The second-order valence-corrected chi connectivity index (χ2v) is 9.26. The van der Waals surface area contributed by atoms with Crippen molar-refractivity contribution in [3.63, 3.8) is 0 Å². The van der Waals surface area contributed by atoms with Gasteiger partial charge in [-0.1, -0.05) is 0 Å². The van der Waals surface area contributed by atoms with E-state index < -0.39 is 89.9 Å². The number of aliphatic hydroxyl groups excluding tert-OH is 4. The van der Waals surface area contributed by atoms with Gasteiger partial charge in [-0.15, -0.1) is 0 Å². The maximum absolute atomic E-state index is 12.8. The minimum absolute atomic E-state index is 0.360. The van der Waals surface area contributed by atoms with Gasteiger partial charge >= 0.3 is 5.69 Å². The quantitative estimate of drug-likeness (QED) is 0.157. The molecule has 2 fully saturated rings. The molecule has 1 aromatic heterocycles. The summed E-state index contributed by atoms with van der Waals surface area (Å²) in [5.41, 5.74) is 3.71. The fourth-order valence-corrected chi connectivity index (χ4v) is 4.44. The average molecular weight is 555 g/mol. The van der Waals surface area contributed by atoms with Gasteiger partial charge in [-0.2, -0.15) is 0 Å². The molecule has 3 aliphatic rings. The van der Waals surface area contributed by atoms with E-state index in [2.05, 4.69) is 10.6 Å². The number of nitrogens with zero attached hydrogens (tertiary/aromatic N) is 1. The van der Waals surface area contributed by atoms with Crippen molar-refractivity contribution >= 4 is 17.7 Å². The number of carbonyl (C=O) groups excluding carboxylic acids is 3. The number of hydrogen-bond donors (Lipinski definition) is 8. The van der Waals surface area contributed by atoms with E-state index in [1.165, 1.54) is 0 Å². The zero-order chi connectivity index (χ0) is 28.4. The lowest BCUT2D eigenvalue weighted by Crippen LogP contribution is -2.54. The number of ether oxygens (including phenoxy) is 3. The molecule has 0 aliphatic carbocycles. The second-order valence-electron chi connectivity index (χ2n) is 9.26. The van der Waals surface area contributed by atoms with Crippen molar-refractivity contribution in [1.82, 2.24) is 20.2 Å². The average Bonchev–Trinajstić information content (AvgIpc) is 3.02. The minimum atomic E-state index is -1.93. The zero-order valence-electron chi connectivity index (χ0n) is 20.3. The van der Waals surface area contributed by atoms with Crippen LogP contribution in [0.2, 0.25) is 0 Å². The number of H-pyrrole nitrogens is 1. The van der Waals surface area contributed by atoms with Crippen molar-refractivity contribution in [2.24, 2.45) is 5.73 Å². The smallest absolute Gasteiger partial charge is 0.330 e. The molecule has 0 radical (unpaired) electrons. The number of hydrogen-bond acceptors (Lipinski definition) is 12. The topological polar surface area (TPSA) is 265 Å². The first-order chi connectivity index (χ1) is 18.5. The predicted octanol–water partition coefficient (Wildman–Crippen LogP) is -5.23. The van der Waals surface area contributed by atoms with E-state index >= 15 is 0 Å².